The average Bonchev–Trinajstić information content (AvgIpc) is 2.17. The number of halogens is 1. The number of hydrogen-bond acceptors (Lipinski definition) is 0. The van der Waals surface area contributed by atoms with Crippen LogP contribution in [-0.2, 0) is 0 Å². The summed E-state index contributed by atoms with van der Waals surface area (Å²) in [6, 6.07) is 0. The summed E-state index contributed by atoms with van der Waals surface area (Å²) in [6.07, 6.45) is 11.4. The van der Waals surface area contributed by atoms with E-state index >= 15 is 0 Å². The van der Waals surface area contributed by atoms with E-state index in [1.54, 1.807) is 5.54 Å². The molecule has 0 aliphatic rings. The minimum absolute atomic E-state index is 0.583. The lowest BCUT2D eigenvalue weighted by Gasteiger charge is -2.03. The molecule has 0 bridgehead atoms. The van der Waals surface area contributed by atoms with Gasteiger partial charge in [-0.25, -0.2) is 0 Å². The lowest BCUT2D eigenvalue weighted by atomic mass is 10.0. The van der Waals surface area contributed by atoms with Crippen LogP contribution in [0.5, 0.6) is 0 Å². The fourth-order valence-electron chi connectivity index (χ4n) is 1.50. The van der Waals surface area contributed by atoms with Crippen LogP contribution in [-0.4, -0.2) is 0 Å². The van der Waals surface area contributed by atoms with Crippen molar-refractivity contribution < 1.29 is 0 Å². The number of allylic oxidation sites excluding steroid dienone is 5. The molecule has 0 aromatic carbocycles. The van der Waals surface area contributed by atoms with Gasteiger partial charge in [0, 0.05) is 5.54 Å². The van der Waals surface area contributed by atoms with Gasteiger partial charge in [0.2, 0.25) is 0 Å². The quantitative estimate of drug-likeness (QED) is 0.490. The standard InChI is InChI=1S/C15H25Cl/c1-13(2)7-5-8-14(3)9-6-10-15(4)11-12-16/h7,9,11-12,15H,5-6,8,10H2,1-4H3/b12-11-,14-9?. The van der Waals surface area contributed by atoms with Gasteiger partial charge in [0.05, 0.1) is 0 Å². The van der Waals surface area contributed by atoms with E-state index in [0.29, 0.717) is 5.92 Å². The van der Waals surface area contributed by atoms with Gasteiger partial charge >= 0.3 is 0 Å². The van der Waals surface area contributed by atoms with Crippen LogP contribution in [0.3, 0.4) is 0 Å². The summed E-state index contributed by atoms with van der Waals surface area (Å²) in [5, 5.41) is 0. The van der Waals surface area contributed by atoms with E-state index in [9.17, 15) is 0 Å². The lowest BCUT2D eigenvalue weighted by Crippen LogP contribution is -1.87. The SMILES string of the molecule is CC(C)=CCCC(C)=CCCC(C)/C=C\Cl. The zero-order chi connectivity index (χ0) is 12.4. The van der Waals surface area contributed by atoms with Gasteiger partial charge < -0.3 is 0 Å². The van der Waals surface area contributed by atoms with Crippen molar-refractivity contribution in [1.82, 2.24) is 0 Å². The van der Waals surface area contributed by atoms with Crippen LogP contribution >= 0.6 is 11.6 Å². The van der Waals surface area contributed by atoms with E-state index < -0.39 is 0 Å². The summed E-state index contributed by atoms with van der Waals surface area (Å²) < 4.78 is 0. The van der Waals surface area contributed by atoms with E-state index in [4.69, 9.17) is 11.6 Å². The summed E-state index contributed by atoms with van der Waals surface area (Å²) in [4.78, 5) is 0. The van der Waals surface area contributed by atoms with Crippen molar-refractivity contribution in [3.05, 3.63) is 34.9 Å². The summed E-state index contributed by atoms with van der Waals surface area (Å²) in [5.74, 6) is 0.583. The molecule has 0 heterocycles. The second-order valence-electron chi connectivity index (χ2n) is 4.74. The van der Waals surface area contributed by atoms with Gasteiger partial charge in [0.1, 0.15) is 0 Å². The monoisotopic (exact) mass is 240 g/mol. The zero-order valence-corrected chi connectivity index (χ0v) is 11.8. The number of rotatable bonds is 7. The minimum Gasteiger partial charge on any atom is -0.0933 e. The van der Waals surface area contributed by atoms with E-state index in [1.165, 1.54) is 30.4 Å². The summed E-state index contributed by atoms with van der Waals surface area (Å²) in [5.41, 5.74) is 4.53. The van der Waals surface area contributed by atoms with Crippen molar-refractivity contribution >= 4 is 11.6 Å². The van der Waals surface area contributed by atoms with Crippen molar-refractivity contribution in [1.29, 1.82) is 0 Å². The third-order valence-electron chi connectivity index (χ3n) is 2.61. The molecule has 0 rings (SSSR count). The molecular formula is C15H25Cl. The molecule has 1 atom stereocenters. The van der Waals surface area contributed by atoms with E-state index in [2.05, 4.69) is 39.8 Å². The highest BCUT2D eigenvalue weighted by atomic mass is 35.5. The highest BCUT2D eigenvalue weighted by molar-refractivity contribution is 6.25. The van der Waals surface area contributed by atoms with Crippen molar-refractivity contribution in [2.45, 2.75) is 53.4 Å². The first kappa shape index (κ1) is 15.5. The third kappa shape index (κ3) is 10.0. The highest BCUT2D eigenvalue weighted by Gasteiger charge is 1.95. The van der Waals surface area contributed by atoms with Crippen molar-refractivity contribution in [2.75, 3.05) is 0 Å². The first-order chi connectivity index (χ1) is 7.56. The smallest absolute Gasteiger partial charge is 0.000515 e. The first-order valence-corrected chi connectivity index (χ1v) is 6.55. The van der Waals surface area contributed by atoms with Gasteiger partial charge in [0.25, 0.3) is 0 Å². The molecule has 16 heavy (non-hydrogen) atoms. The van der Waals surface area contributed by atoms with Crippen LogP contribution in [0.4, 0.5) is 0 Å². The topological polar surface area (TPSA) is 0 Å². The molecule has 0 N–H and O–H groups in total. The molecule has 0 radical (unpaired) electrons. The summed E-state index contributed by atoms with van der Waals surface area (Å²) in [6.45, 7) is 8.73. The molecule has 0 spiro atoms. The average molecular weight is 241 g/mol. The van der Waals surface area contributed by atoms with E-state index in [1.807, 2.05) is 6.08 Å². The van der Waals surface area contributed by atoms with Crippen molar-refractivity contribution in [3.63, 3.8) is 0 Å². The van der Waals surface area contributed by atoms with Crippen LogP contribution in [0.25, 0.3) is 0 Å². The molecule has 92 valence electrons. The molecule has 0 saturated carbocycles. The van der Waals surface area contributed by atoms with Crippen LogP contribution in [0.2, 0.25) is 0 Å². The van der Waals surface area contributed by atoms with Gasteiger partial charge in [-0.15, -0.1) is 0 Å². The molecule has 1 heteroatoms. The Morgan fingerprint density at radius 2 is 1.81 bits per heavy atom. The van der Waals surface area contributed by atoms with Crippen LogP contribution in [0.1, 0.15) is 53.4 Å². The van der Waals surface area contributed by atoms with Crippen molar-refractivity contribution in [3.8, 4) is 0 Å². The molecule has 0 saturated heterocycles. The van der Waals surface area contributed by atoms with Crippen molar-refractivity contribution in [2.24, 2.45) is 5.92 Å². The molecule has 0 amide bonds. The Balaban J connectivity index is 3.74. The third-order valence-corrected chi connectivity index (χ3v) is 2.75. The normalized spacial score (nSPS) is 14.2. The van der Waals surface area contributed by atoms with Gasteiger partial charge in [-0.1, -0.05) is 47.9 Å². The maximum Gasteiger partial charge on any atom is 0.000515 e. The second-order valence-corrected chi connectivity index (χ2v) is 5.00. The predicted molar refractivity (Wildman–Crippen MR) is 75.8 cm³/mol. The molecule has 0 aromatic rings. The Hall–Kier alpha value is -0.490. The summed E-state index contributed by atoms with van der Waals surface area (Å²) >= 11 is 5.53. The van der Waals surface area contributed by atoms with Gasteiger partial charge in [-0.05, 0) is 52.4 Å². The molecule has 0 aliphatic carbocycles. The molecule has 0 nitrogen and oxygen atoms in total. The fourth-order valence-corrected chi connectivity index (χ4v) is 1.75. The van der Waals surface area contributed by atoms with Gasteiger partial charge in [-0.2, -0.15) is 0 Å². The maximum atomic E-state index is 5.53. The fraction of sp³-hybridized carbons (Fsp3) is 0.600. The highest BCUT2D eigenvalue weighted by Crippen LogP contribution is 2.12. The molecule has 0 aliphatic heterocycles. The Bertz CT molecular complexity index is 255. The Kier molecular flexibility index (Phi) is 9.42. The van der Waals surface area contributed by atoms with E-state index in [-0.39, 0.29) is 0 Å². The molecule has 0 fully saturated rings. The Morgan fingerprint density at radius 1 is 1.12 bits per heavy atom. The minimum atomic E-state index is 0.583. The Morgan fingerprint density at radius 3 is 2.38 bits per heavy atom. The van der Waals surface area contributed by atoms with Crippen LogP contribution < -0.4 is 0 Å². The Labute approximate surface area is 106 Å². The van der Waals surface area contributed by atoms with E-state index in [0.717, 1.165) is 6.42 Å². The van der Waals surface area contributed by atoms with Gasteiger partial charge in [-0.3, -0.25) is 0 Å². The summed E-state index contributed by atoms with van der Waals surface area (Å²) in [7, 11) is 0. The maximum absolute atomic E-state index is 5.53. The molecule has 0 aromatic heterocycles. The largest absolute Gasteiger partial charge is 0.0933 e. The van der Waals surface area contributed by atoms with Crippen LogP contribution in [0.15, 0.2) is 34.9 Å². The molecule has 1 unspecified atom stereocenters. The first-order valence-electron chi connectivity index (χ1n) is 6.12. The lowest BCUT2D eigenvalue weighted by molar-refractivity contribution is 0.656. The van der Waals surface area contributed by atoms with Crippen LogP contribution in [0, 0.1) is 5.92 Å². The number of hydrogen-bond donors (Lipinski definition) is 0. The van der Waals surface area contributed by atoms with Gasteiger partial charge in [0.15, 0.2) is 0 Å². The zero-order valence-electron chi connectivity index (χ0n) is 11.1. The second kappa shape index (κ2) is 9.72. The molecular weight excluding hydrogens is 216 g/mol. The predicted octanol–water partition coefficient (Wildman–Crippen LogP) is 5.85.